The van der Waals surface area contributed by atoms with E-state index in [0.717, 1.165) is 6.54 Å². The van der Waals surface area contributed by atoms with E-state index in [1.165, 1.54) is 53.1 Å². The van der Waals surface area contributed by atoms with Gasteiger partial charge in [0.25, 0.3) is 0 Å². The van der Waals surface area contributed by atoms with E-state index >= 15 is 0 Å². The molecule has 0 radical (unpaired) electrons. The van der Waals surface area contributed by atoms with E-state index in [4.69, 9.17) is 0 Å². The summed E-state index contributed by atoms with van der Waals surface area (Å²) in [6.45, 7) is 7.16. The summed E-state index contributed by atoms with van der Waals surface area (Å²) < 4.78 is 0. The van der Waals surface area contributed by atoms with Crippen LogP contribution in [-0.2, 0) is 13.0 Å². The van der Waals surface area contributed by atoms with Gasteiger partial charge in [0.2, 0.25) is 0 Å². The number of aryl methyl sites for hydroxylation is 1. The zero-order valence-electron chi connectivity index (χ0n) is 15.6. The summed E-state index contributed by atoms with van der Waals surface area (Å²) in [5, 5.41) is 6.07. The Morgan fingerprint density at radius 1 is 1.08 bits per heavy atom. The van der Waals surface area contributed by atoms with E-state index < -0.39 is 0 Å². The van der Waals surface area contributed by atoms with Crippen LogP contribution in [0.1, 0.15) is 42.9 Å². The molecule has 0 amide bonds. The number of unbranched alkanes of at least 4 members (excludes halogenated alkanes) is 1. The number of fused-ring (bicyclic) bond motifs is 1. The van der Waals surface area contributed by atoms with Crippen molar-refractivity contribution in [3.63, 3.8) is 0 Å². The van der Waals surface area contributed by atoms with Gasteiger partial charge in [0, 0.05) is 30.4 Å². The summed E-state index contributed by atoms with van der Waals surface area (Å²) in [7, 11) is 0. The molecular weight excluding hydrogens is 316 g/mol. The van der Waals surface area contributed by atoms with Gasteiger partial charge in [-0.3, -0.25) is 4.98 Å². The van der Waals surface area contributed by atoms with Gasteiger partial charge in [0.15, 0.2) is 0 Å². The Balaban J connectivity index is 1.49. The van der Waals surface area contributed by atoms with Gasteiger partial charge in [-0.1, -0.05) is 61.5 Å². The maximum Gasteiger partial charge on any atom is 0.0346 e. The zero-order valence-corrected chi connectivity index (χ0v) is 15.6. The molecular formula is C24H28N2. The van der Waals surface area contributed by atoms with Crippen LogP contribution in [0, 0.1) is 0 Å². The molecule has 1 aromatic heterocycles. The van der Waals surface area contributed by atoms with Crippen molar-refractivity contribution in [2.45, 2.75) is 45.2 Å². The van der Waals surface area contributed by atoms with Gasteiger partial charge < -0.3 is 5.32 Å². The molecule has 2 nitrogen and oxygen atoms in total. The minimum absolute atomic E-state index is 0.511. The molecule has 2 heteroatoms. The summed E-state index contributed by atoms with van der Waals surface area (Å²) in [5.41, 5.74) is 3.96. The average molecular weight is 345 g/mol. The first-order valence-electron chi connectivity index (χ1n) is 9.53. The Morgan fingerprint density at radius 2 is 1.92 bits per heavy atom. The Hall–Kier alpha value is -2.45. The number of aromatic nitrogens is 1. The van der Waals surface area contributed by atoms with Gasteiger partial charge in [-0.25, -0.2) is 0 Å². The molecule has 0 aliphatic heterocycles. The van der Waals surface area contributed by atoms with Crippen molar-refractivity contribution in [2.75, 3.05) is 0 Å². The minimum atomic E-state index is 0.511. The summed E-state index contributed by atoms with van der Waals surface area (Å²) in [6, 6.07) is 17.7. The molecule has 3 rings (SSSR count). The van der Waals surface area contributed by atoms with Crippen LogP contribution in [-0.4, -0.2) is 11.0 Å². The van der Waals surface area contributed by atoms with Gasteiger partial charge in [0.1, 0.15) is 0 Å². The fraction of sp³-hybridized carbons (Fsp3) is 0.292. The van der Waals surface area contributed by atoms with E-state index in [0.29, 0.717) is 6.04 Å². The zero-order chi connectivity index (χ0) is 18.2. The highest BCUT2D eigenvalue weighted by Gasteiger charge is 2.07. The number of rotatable bonds is 9. The molecule has 1 atom stereocenters. The quantitative estimate of drug-likeness (QED) is 0.499. The molecule has 0 aliphatic rings. The normalized spacial score (nSPS) is 12.2. The highest BCUT2D eigenvalue weighted by Crippen LogP contribution is 2.23. The fourth-order valence-electron chi connectivity index (χ4n) is 3.44. The van der Waals surface area contributed by atoms with Gasteiger partial charge >= 0.3 is 0 Å². The number of hydrogen-bond acceptors (Lipinski definition) is 2. The van der Waals surface area contributed by atoms with Crippen LogP contribution in [0.25, 0.3) is 16.8 Å². The highest BCUT2D eigenvalue weighted by molar-refractivity contribution is 5.91. The van der Waals surface area contributed by atoms with Crippen LogP contribution in [0.5, 0.6) is 0 Å². The van der Waals surface area contributed by atoms with Crippen LogP contribution < -0.4 is 5.32 Å². The Labute approximate surface area is 157 Å². The lowest BCUT2D eigenvalue weighted by Gasteiger charge is -2.16. The minimum Gasteiger partial charge on any atom is -0.310 e. The number of pyridine rings is 1. The monoisotopic (exact) mass is 344 g/mol. The number of nitrogens with zero attached hydrogens (tertiary/aromatic N) is 1. The molecule has 0 fully saturated rings. The predicted molar refractivity (Wildman–Crippen MR) is 112 cm³/mol. The fourth-order valence-corrected chi connectivity index (χ4v) is 3.44. The second-order valence-electron chi connectivity index (χ2n) is 6.95. The predicted octanol–water partition coefficient (Wildman–Crippen LogP) is 5.77. The van der Waals surface area contributed by atoms with Crippen LogP contribution in [0.15, 0.2) is 67.5 Å². The van der Waals surface area contributed by atoms with Crippen molar-refractivity contribution < 1.29 is 0 Å². The van der Waals surface area contributed by atoms with Gasteiger partial charge in [-0.05, 0) is 54.3 Å². The third-order valence-corrected chi connectivity index (χ3v) is 4.99. The lowest BCUT2D eigenvalue weighted by atomic mass is 9.99. The Morgan fingerprint density at radius 3 is 2.73 bits per heavy atom. The second-order valence-corrected chi connectivity index (χ2v) is 6.95. The van der Waals surface area contributed by atoms with E-state index in [-0.39, 0.29) is 0 Å². The van der Waals surface area contributed by atoms with Crippen molar-refractivity contribution >= 4 is 16.8 Å². The van der Waals surface area contributed by atoms with Crippen molar-refractivity contribution in [1.29, 1.82) is 0 Å². The van der Waals surface area contributed by atoms with Crippen LogP contribution in [0.4, 0.5) is 0 Å². The first-order valence-corrected chi connectivity index (χ1v) is 9.53. The van der Waals surface area contributed by atoms with Gasteiger partial charge in [0.05, 0.1) is 0 Å². The molecule has 3 aromatic rings. The standard InChI is InChI=1S/C24H28N2/c1-3-23-22(14-13-21-17-25-16-15-24(21)23)18-26-19(2)9-7-8-12-20-10-5-4-6-11-20/h3-6,10-11,13-17,19,26H,1,7-9,12,18H2,2H3/t19-/m1/s1. The molecule has 0 spiro atoms. The molecule has 2 aromatic carbocycles. The van der Waals surface area contributed by atoms with Crippen molar-refractivity contribution in [3.05, 3.63) is 84.2 Å². The van der Waals surface area contributed by atoms with E-state index in [9.17, 15) is 0 Å². The number of benzene rings is 2. The summed E-state index contributed by atoms with van der Waals surface area (Å²) >= 11 is 0. The molecule has 0 saturated carbocycles. The third-order valence-electron chi connectivity index (χ3n) is 4.99. The average Bonchev–Trinajstić information content (AvgIpc) is 2.70. The van der Waals surface area contributed by atoms with Crippen LogP contribution in [0.3, 0.4) is 0 Å². The van der Waals surface area contributed by atoms with Gasteiger partial charge in [-0.15, -0.1) is 0 Å². The first kappa shape index (κ1) is 18.3. The van der Waals surface area contributed by atoms with Crippen LogP contribution in [0.2, 0.25) is 0 Å². The van der Waals surface area contributed by atoms with E-state index in [1.54, 1.807) is 0 Å². The van der Waals surface area contributed by atoms with Crippen molar-refractivity contribution in [2.24, 2.45) is 0 Å². The molecule has 0 bridgehead atoms. The molecule has 1 heterocycles. The topological polar surface area (TPSA) is 24.9 Å². The number of hydrogen-bond donors (Lipinski definition) is 1. The summed E-state index contributed by atoms with van der Waals surface area (Å²) in [4.78, 5) is 4.21. The second kappa shape index (κ2) is 9.30. The maximum absolute atomic E-state index is 4.21. The Bertz CT molecular complexity index is 839. The molecule has 0 unspecified atom stereocenters. The van der Waals surface area contributed by atoms with Crippen molar-refractivity contribution in [3.8, 4) is 0 Å². The molecule has 0 saturated heterocycles. The SMILES string of the molecule is C=Cc1c(CN[C@H](C)CCCCc2ccccc2)ccc2cnccc12. The molecule has 26 heavy (non-hydrogen) atoms. The largest absolute Gasteiger partial charge is 0.310 e. The lowest BCUT2D eigenvalue weighted by Crippen LogP contribution is -2.25. The van der Waals surface area contributed by atoms with Gasteiger partial charge in [-0.2, -0.15) is 0 Å². The summed E-state index contributed by atoms with van der Waals surface area (Å²) in [6.07, 6.45) is 10.6. The Kier molecular flexibility index (Phi) is 6.56. The summed E-state index contributed by atoms with van der Waals surface area (Å²) in [5.74, 6) is 0. The molecule has 0 aliphatic carbocycles. The lowest BCUT2D eigenvalue weighted by molar-refractivity contribution is 0.489. The molecule has 134 valence electrons. The van der Waals surface area contributed by atoms with E-state index in [1.807, 2.05) is 18.5 Å². The van der Waals surface area contributed by atoms with E-state index in [2.05, 4.69) is 72.3 Å². The smallest absolute Gasteiger partial charge is 0.0346 e. The molecule has 1 N–H and O–H groups in total. The maximum atomic E-state index is 4.21. The van der Waals surface area contributed by atoms with Crippen LogP contribution >= 0.6 is 0 Å². The number of nitrogens with one attached hydrogen (secondary N) is 1. The van der Waals surface area contributed by atoms with Crippen molar-refractivity contribution in [1.82, 2.24) is 10.3 Å². The highest BCUT2D eigenvalue weighted by atomic mass is 14.9. The third kappa shape index (κ3) is 4.80. The first-order chi connectivity index (χ1) is 12.8.